The number of rotatable bonds is 16. The van der Waals surface area contributed by atoms with E-state index in [9.17, 15) is 33.9 Å². The van der Waals surface area contributed by atoms with E-state index < -0.39 is 79.0 Å². The van der Waals surface area contributed by atoms with Crippen LogP contribution < -0.4 is 27.4 Å². The zero-order valence-corrected chi connectivity index (χ0v) is 19.6. The number of amides is 4. The topological polar surface area (TPSA) is 231 Å². The lowest BCUT2D eigenvalue weighted by molar-refractivity contribution is -0.143. The number of hydrogen-bond acceptors (Lipinski definition) is 8. The zero-order valence-electron chi connectivity index (χ0n) is 18.8. The molecular weight excluding hydrogens is 458 g/mol. The monoisotopic (exact) mass is 491 g/mol. The number of nitrogens with two attached hydrogens (primary N) is 2. The van der Waals surface area contributed by atoms with E-state index in [1.165, 1.54) is 11.8 Å². The maximum atomic E-state index is 12.8. The molecule has 0 aromatic rings. The Morgan fingerprint density at radius 3 is 1.82 bits per heavy atom. The lowest BCUT2D eigenvalue weighted by atomic mass is 10.0. The normalized spacial score (nSPS) is 14.5. The zero-order chi connectivity index (χ0) is 25.7. The fraction of sp³-hybridized carbons (Fsp3) is 0.684. The Kier molecular flexibility index (Phi) is 13.7. The van der Waals surface area contributed by atoms with Crippen molar-refractivity contribution in [2.24, 2.45) is 17.4 Å². The van der Waals surface area contributed by atoms with Crippen LogP contribution in [0.5, 0.6) is 0 Å². The van der Waals surface area contributed by atoms with E-state index in [4.69, 9.17) is 16.6 Å². The number of carbonyl (C=O) groups is 6. The van der Waals surface area contributed by atoms with Crippen LogP contribution in [0, 0.1) is 5.92 Å². The summed E-state index contributed by atoms with van der Waals surface area (Å²) in [6, 6.07) is -5.03. The lowest BCUT2D eigenvalue weighted by Gasteiger charge is -2.25. The Bertz CT molecular complexity index is 733. The molecule has 13 nitrogen and oxygen atoms in total. The Hall–Kier alpha value is -2.87. The van der Waals surface area contributed by atoms with E-state index in [1.807, 2.05) is 0 Å². The van der Waals surface area contributed by atoms with Crippen molar-refractivity contribution in [2.75, 3.05) is 12.0 Å². The van der Waals surface area contributed by atoms with Crippen LogP contribution in [0.2, 0.25) is 0 Å². The molecule has 0 radical (unpaired) electrons. The van der Waals surface area contributed by atoms with Gasteiger partial charge in [-0.2, -0.15) is 11.8 Å². The van der Waals surface area contributed by atoms with Crippen LogP contribution in [0.4, 0.5) is 0 Å². The van der Waals surface area contributed by atoms with Crippen molar-refractivity contribution in [3.63, 3.8) is 0 Å². The summed E-state index contributed by atoms with van der Waals surface area (Å²) in [5.41, 5.74) is 11.0. The average Bonchev–Trinajstić information content (AvgIpc) is 2.71. The van der Waals surface area contributed by atoms with Gasteiger partial charge in [0, 0.05) is 6.42 Å². The molecule has 14 heteroatoms. The summed E-state index contributed by atoms with van der Waals surface area (Å²) in [5, 5.41) is 24.9. The van der Waals surface area contributed by atoms with E-state index in [1.54, 1.807) is 20.1 Å². The van der Waals surface area contributed by atoms with Crippen molar-refractivity contribution in [1.82, 2.24) is 16.0 Å². The molecule has 0 saturated carbocycles. The Morgan fingerprint density at radius 2 is 1.36 bits per heavy atom. The Morgan fingerprint density at radius 1 is 0.848 bits per heavy atom. The Labute approximate surface area is 195 Å². The van der Waals surface area contributed by atoms with Gasteiger partial charge < -0.3 is 37.6 Å². The van der Waals surface area contributed by atoms with Gasteiger partial charge in [0.15, 0.2) is 0 Å². The second kappa shape index (κ2) is 15.1. The van der Waals surface area contributed by atoms with Gasteiger partial charge in [-0.05, 0) is 30.8 Å². The van der Waals surface area contributed by atoms with Gasteiger partial charge in [0.2, 0.25) is 23.6 Å². The SMILES string of the molecule is CSCCC(NC(=O)C(N)C(C)C)C(=O)NC(CC(N)=O)C(=O)NC(CCC(=O)O)C(=O)O. The molecule has 0 aromatic carbocycles. The number of primary amides is 1. The molecule has 0 aliphatic rings. The summed E-state index contributed by atoms with van der Waals surface area (Å²) in [6.45, 7) is 3.47. The minimum absolute atomic E-state index is 0.193. The largest absolute Gasteiger partial charge is 0.481 e. The minimum Gasteiger partial charge on any atom is -0.481 e. The van der Waals surface area contributed by atoms with E-state index >= 15 is 0 Å². The molecular formula is C19H33N5O8S. The number of nitrogens with one attached hydrogen (secondary N) is 3. The third-order valence-corrected chi connectivity index (χ3v) is 5.21. The Balaban J connectivity index is 5.49. The van der Waals surface area contributed by atoms with Gasteiger partial charge in [-0.15, -0.1) is 0 Å². The number of thioether (sulfide) groups is 1. The molecule has 0 fully saturated rings. The van der Waals surface area contributed by atoms with Crippen molar-refractivity contribution < 1.29 is 39.0 Å². The van der Waals surface area contributed by atoms with Crippen LogP contribution in [0.1, 0.15) is 39.5 Å². The number of aliphatic carboxylic acids is 2. The first-order valence-electron chi connectivity index (χ1n) is 10.2. The van der Waals surface area contributed by atoms with Gasteiger partial charge in [0.1, 0.15) is 18.1 Å². The van der Waals surface area contributed by atoms with E-state index in [0.29, 0.717) is 5.75 Å². The van der Waals surface area contributed by atoms with Crippen molar-refractivity contribution in [3.05, 3.63) is 0 Å². The van der Waals surface area contributed by atoms with Crippen LogP contribution in [0.3, 0.4) is 0 Å². The van der Waals surface area contributed by atoms with Crippen LogP contribution in [0.15, 0.2) is 0 Å². The van der Waals surface area contributed by atoms with Gasteiger partial charge in [0.25, 0.3) is 0 Å². The minimum atomic E-state index is -1.56. The lowest BCUT2D eigenvalue weighted by Crippen LogP contribution is -2.58. The molecule has 0 aromatic heterocycles. The molecule has 0 saturated heterocycles. The molecule has 188 valence electrons. The van der Waals surface area contributed by atoms with Crippen LogP contribution in [-0.4, -0.2) is 82.0 Å². The van der Waals surface area contributed by atoms with Crippen LogP contribution >= 0.6 is 11.8 Å². The molecule has 0 aliphatic heterocycles. The van der Waals surface area contributed by atoms with E-state index in [0.717, 1.165) is 0 Å². The molecule has 0 aliphatic carbocycles. The first-order chi connectivity index (χ1) is 15.3. The third-order valence-electron chi connectivity index (χ3n) is 4.56. The fourth-order valence-electron chi connectivity index (χ4n) is 2.56. The summed E-state index contributed by atoms with van der Waals surface area (Å²) in [6.07, 6.45) is 0.418. The van der Waals surface area contributed by atoms with E-state index in [2.05, 4.69) is 16.0 Å². The molecule has 4 unspecified atom stereocenters. The van der Waals surface area contributed by atoms with Crippen molar-refractivity contribution >= 4 is 47.3 Å². The maximum absolute atomic E-state index is 12.8. The second-order valence-electron chi connectivity index (χ2n) is 7.68. The molecule has 0 spiro atoms. The number of hydrogen-bond donors (Lipinski definition) is 7. The molecule has 9 N–H and O–H groups in total. The fourth-order valence-corrected chi connectivity index (χ4v) is 3.03. The van der Waals surface area contributed by atoms with Crippen LogP contribution in [0.25, 0.3) is 0 Å². The first kappa shape index (κ1) is 30.1. The molecule has 4 atom stereocenters. The smallest absolute Gasteiger partial charge is 0.326 e. The second-order valence-corrected chi connectivity index (χ2v) is 8.66. The number of carboxylic acids is 2. The predicted molar refractivity (Wildman–Crippen MR) is 120 cm³/mol. The molecule has 0 rings (SSSR count). The summed E-state index contributed by atoms with van der Waals surface area (Å²) >= 11 is 1.42. The quantitative estimate of drug-likeness (QED) is 0.125. The summed E-state index contributed by atoms with van der Waals surface area (Å²) in [7, 11) is 0. The van der Waals surface area contributed by atoms with Gasteiger partial charge in [0.05, 0.1) is 12.5 Å². The first-order valence-corrected chi connectivity index (χ1v) is 11.6. The standard InChI is InChI=1S/C19H33N5O8S/c1-9(2)15(21)18(30)22-10(6-7-33-3)16(28)24-12(8-13(20)25)17(29)23-11(19(31)32)4-5-14(26)27/h9-12,15H,4-8,21H2,1-3H3,(H2,20,25)(H,22,30)(H,23,29)(H,24,28)(H,26,27)(H,31,32). The highest BCUT2D eigenvalue weighted by Gasteiger charge is 2.31. The van der Waals surface area contributed by atoms with Crippen molar-refractivity contribution in [1.29, 1.82) is 0 Å². The van der Waals surface area contributed by atoms with Gasteiger partial charge in [-0.1, -0.05) is 13.8 Å². The third kappa shape index (κ3) is 12.1. The molecule has 33 heavy (non-hydrogen) atoms. The maximum Gasteiger partial charge on any atom is 0.326 e. The summed E-state index contributed by atoms with van der Waals surface area (Å²) in [5.74, 6) is -5.78. The van der Waals surface area contributed by atoms with Gasteiger partial charge >= 0.3 is 11.9 Å². The predicted octanol–water partition coefficient (Wildman–Crippen LogP) is -2.00. The number of carboxylic acid groups (broad SMARTS) is 2. The summed E-state index contributed by atoms with van der Waals surface area (Å²) in [4.78, 5) is 71.2. The summed E-state index contributed by atoms with van der Waals surface area (Å²) < 4.78 is 0. The van der Waals surface area contributed by atoms with Gasteiger partial charge in [-0.3, -0.25) is 24.0 Å². The molecule has 0 heterocycles. The molecule has 0 bridgehead atoms. The van der Waals surface area contributed by atoms with E-state index in [-0.39, 0.29) is 12.3 Å². The van der Waals surface area contributed by atoms with Crippen LogP contribution in [-0.2, 0) is 28.8 Å². The molecule has 4 amide bonds. The van der Waals surface area contributed by atoms with Crippen molar-refractivity contribution in [3.8, 4) is 0 Å². The highest BCUT2D eigenvalue weighted by Crippen LogP contribution is 2.06. The highest BCUT2D eigenvalue weighted by atomic mass is 32.2. The van der Waals surface area contributed by atoms with Crippen molar-refractivity contribution in [2.45, 2.75) is 63.7 Å². The average molecular weight is 492 g/mol. The highest BCUT2D eigenvalue weighted by molar-refractivity contribution is 7.98. The van der Waals surface area contributed by atoms with Gasteiger partial charge in [-0.25, -0.2) is 4.79 Å². The number of carbonyl (C=O) groups excluding carboxylic acids is 4.